The number of aromatic nitrogens is 2. The molecule has 4 rings (SSSR count). The molecule has 2 heterocycles. The predicted octanol–water partition coefficient (Wildman–Crippen LogP) is 3.95. The molecule has 0 atom stereocenters. The fourth-order valence-corrected chi connectivity index (χ4v) is 3.65. The molecule has 0 aliphatic carbocycles. The Morgan fingerprint density at radius 1 is 1.19 bits per heavy atom. The van der Waals surface area contributed by atoms with E-state index >= 15 is 0 Å². The lowest BCUT2D eigenvalue weighted by atomic mass is 10.0. The summed E-state index contributed by atoms with van der Waals surface area (Å²) in [7, 11) is 1.58. The highest BCUT2D eigenvalue weighted by Gasteiger charge is 2.17. The second-order valence-electron chi connectivity index (χ2n) is 7.39. The van der Waals surface area contributed by atoms with Crippen molar-refractivity contribution in [2.45, 2.75) is 13.0 Å². The highest BCUT2D eigenvalue weighted by atomic mass is 35.5. The molecule has 0 radical (unpaired) electrons. The standard InChI is InChI=1S/C24H19ClFN3O3/c1-29-21-7-5-16(23(31)28-13-15-3-2-8-27-12-15)11-17(21)22(30)18(24(29)32)9-14-4-6-19(25)20(26)10-14/h2-8,10-12,30H,9,13H2,1H3,(H,28,31). The van der Waals surface area contributed by atoms with Crippen LogP contribution in [0.1, 0.15) is 27.0 Å². The maximum absolute atomic E-state index is 13.8. The van der Waals surface area contributed by atoms with E-state index in [4.69, 9.17) is 11.6 Å². The molecule has 0 saturated carbocycles. The van der Waals surface area contributed by atoms with E-state index < -0.39 is 11.4 Å². The summed E-state index contributed by atoms with van der Waals surface area (Å²) in [6.45, 7) is 0.303. The van der Waals surface area contributed by atoms with Gasteiger partial charge in [0.05, 0.1) is 16.1 Å². The van der Waals surface area contributed by atoms with E-state index in [1.165, 1.54) is 22.8 Å². The van der Waals surface area contributed by atoms with Gasteiger partial charge in [-0.15, -0.1) is 0 Å². The molecule has 1 amide bonds. The van der Waals surface area contributed by atoms with E-state index in [9.17, 15) is 19.1 Å². The summed E-state index contributed by atoms with van der Waals surface area (Å²) in [5.41, 5.74) is 1.85. The van der Waals surface area contributed by atoms with Crippen LogP contribution in [0.5, 0.6) is 5.75 Å². The second kappa shape index (κ2) is 8.80. The predicted molar refractivity (Wildman–Crippen MR) is 120 cm³/mol. The van der Waals surface area contributed by atoms with Crippen molar-refractivity contribution in [2.24, 2.45) is 7.05 Å². The Labute approximate surface area is 187 Å². The molecule has 32 heavy (non-hydrogen) atoms. The Morgan fingerprint density at radius 3 is 2.72 bits per heavy atom. The van der Waals surface area contributed by atoms with Crippen molar-refractivity contribution < 1.29 is 14.3 Å². The first-order valence-electron chi connectivity index (χ1n) is 9.80. The van der Waals surface area contributed by atoms with Gasteiger partial charge in [-0.05, 0) is 47.5 Å². The summed E-state index contributed by atoms with van der Waals surface area (Å²) in [6, 6.07) is 12.6. The Bertz CT molecular complexity index is 1390. The van der Waals surface area contributed by atoms with Crippen molar-refractivity contribution in [1.29, 1.82) is 0 Å². The number of aryl methyl sites for hydroxylation is 1. The molecule has 0 aliphatic heterocycles. The molecule has 2 aromatic carbocycles. The van der Waals surface area contributed by atoms with Gasteiger partial charge in [-0.2, -0.15) is 0 Å². The van der Waals surface area contributed by atoms with E-state index in [-0.39, 0.29) is 28.7 Å². The zero-order chi connectivity index (χ0) is 22.8. The number of amides is 1. The minimum Gasteiger partial charge on any atom is -0.507 e. The van der Waals surface area contributed by atoms with Crippen LogP contribution in [-0.4, -0.2) is 20.6 Å². The van der Waals surface area contributed by atoms with E-state index in [1.54, 1.807) is 43.7 Å². The first-order valence-corrected chi connectivity index (χ1v) is 10.2. The quantitative estimate of drug-likeness (QED) is 0.481. The molecule has 0 bridgehead atoms. The number of hydrogen-bond acceptors (Lipinski definition) is 4. The van der Waals surface area contributed by atoms with Crippen LogP contribution in [0.2, 0.25) is 5.02 Å². The van der Waals surface area contributed by atoms with Gasteiger partial charge in [0, 0.05) is 43.4 Å². The summed E-state index contributed by atoms with van der Waals surface area (Å²) in [5.74, 6) is -1.17. The summed E-state index contributed by atoms with van der Waals surface area (Å²) in [6.07, 6.45) is 3.33. The number of nitrogens with one attached hydrogen (secondary N) is 1. The summed E-state index contributed by atoms with van der Waals surface area (Å²) >= 11 is 5.73. The maximum Gasteiger partial charge on any atom is 0.258 e. The van der Waals surface area contributed by atoms with Gasteiger partial charge in [-0.25, -0.2) is 4.39 Å². The topological polar surface area (TPSA) is 84.2 Å². The Morgan fingerprint density at radius 2 is 2.00 bits per heavy atom. The lowest BCUT2D eigenvalue weighted by Gasteiger charge is -2.13. The molecule has 4 aromatic rings. The Hall–Kier alpha value is -3.71. The van der Waals surface area contributed by atoms with Gasteiger partial charge >= 0.3 is 0 Å². The van der Waals surface area contributed by atoms with Crippen molar-refractivity contribution >= 4 is 28.4 Å². The molecule has 2 aromatic heterocycles. The van der Waals surface area contributed by atoms with Crippen LogP contribution in [0.4, 0.5) is 4.39 Å². The monoisotopic (exact) mass is 451 g/mol. The maximum atomic E-state index is 13.8. The third kappa shape index (κ3) is 4.20. The molecular weight excluding hydrogens is 433 g/mol. The van der Waals surface area contributed by atoms with Gasteiger partial charge in [0.15, 0.2) is 0 Å². The third-order valence-electron chi connectivity index (χ3n) is 5.26. The molecule has 6 nitrogen and oxygen atoms in total. The number of carbonyl (C=O) groups excluding carboxylic acids is 1. The largest absolute Gasteiger partial charge is 0.507 e. The third-order valence-corrected chi connectivity index (χ3v) is 5.57. The Balaban J connectivity index is 1.69. The first-order chi connectivity index (χ1) is 15.3. The number of aromatic hydroxyl groups is 1. The molecular formula is C24H19ClFN3O3. The number of fused-ring (bicyclic) bond motifs is 1. The average Bonchev–Trinajstić information content (AvgIpc) is 2.81. The first kappa shape index (κ1) is 21.5. The van der Waals surface area contributed by atoms with E-state index in [2.05, 4.69) is 10.3 Å². The molecule has 0 spiro atoms. The van der Waals surface area contributed by atoms with Crippen LogP contribution in [-0.2, 0) is 20.0 Å². The number of nitrogens with zero attached hydrogens (tertiary/aromatic N) is 2. The summed E-state index contributed by atoms with van der Waals surface area (Å²) in [4.78, 5) is 29.5. The van der Waals surface area contributed by atoms with Gasteiger partial charge in [-0.3, -0.25) is 14.6 Å². The Kier molecular flexibility index (Phi) is 5.92. The minimum atomic E-state index is -0.603. The van der Waals surface area contributed by atoms with Gasteiger partial charge in [-0.1, -0.05) is 23.7 Å². The highest BCUT2D eigenvalue weighted by Crippen LogP contribution is 2.29. The molecule has 0 saturated heterocycles. The average molecular weight is 452 g/mol. The molecule has 0 unspecified atom stereocenters. The summed E-state index contributed by atoms with van der Waals surface area (Å²) < 4.78 is 15.2. The fraction of sp³-hybridized carbons (Fsp3) is 0.125. The zero-order valence-electron chi connectivity index (χ0n) is 17.1. The van der Waals surface area contributed by atoms with Crippen LogP contribution < -0.4 is 10.9 Å². The molecule has 0 fully saturated rings. The number of hydrogen-bond donors (Lipinski definition) is 2. The van der Waals surface area contributed by atoms with E-state index in [0.717, 1.165) is 5.56 Å². The fourth-order valence-electron chi connectivity index (χ4n) is 3.54. The van der Waals surface area contributed by atoms with Gasteiger partial charge in [0.25, 0.3) is 11.5 Å². The number of carbonyl (C=O) groups is 1. The SMILES string of the molecule is Cn1c(=O)c(Cc2ccc(Cl)c(F)c2)c(O)c2cc(C(=O)NCc3cccnc3)ccc21. The molecule has 2 N–H and O–H groups in total. The molecule has 0 aliphatic rings. The van der Waals surface area contributed by atoms with Crippen LogP contribution in [0, 0.1) is 5.82 Å². The van der Waals surface area contributed by atoms with E-state index in [0.29, 0.717) is 28.6 Å². The van der Waals surface area contributed by atoms with Crippen molar-refractivity contribution in [2.75, 3.05) is 0 Å². The van der Waals surface area contributed by atoms with Crippen LogP contribution in [0.3, 0.4) is 0 Å². The van der Waals surface area contributed by atoms with E-state index in [1.807, 2.05) is 6.07 Å². The van der Waals surface area contributed by atoms with Gasteiger partial charge in [0.2, 0.25) is 0 Å². The zero-order valence-corrected chi connectivity index (χ0v) is 17.9. The van der Waals surface area contributed by atoms with Crippen molar-refractivity contribution in [3.8, 4) is 5.75 Å². The lowest BCUT2D eigenvalue weighted by molar-refractivity contribution is 0.0951. The highest BCUT2D eigenvalue weighted by molar-refractivity contribution is 6.30. The molecule has 8 heteroatoms. The number of benzene rings is 2. The molecule has 162 valence electrons. The normalized spacial score (nSPS) is 11.0. The number of pyridine rings is 2. The number of rotatable bonds is 5. The van der Waals surface area contributed by atoms with Gasteiger partial charge in [0.1, 0.15) is 11.6 Å². The van der Waals surface area contributed by atoms with Gasteiger partial charge < -0.3 is 15.0 Å². The van der Waals surface area contributed by atoms with Crippen molar-refractivity contribution in [3.63, 3.8) is 0 Å². The van der Waals surface area contributed by atoms with Crippen molar-refractivity contribution in [1.82, 2.24) is 14.9 Å². The number of halogens is 2. The second-order valence-corrected chi connectivity index (χ2v) is 7.80. The van der Waals surface area contributed by atoms with Crippen LogP contribution in [0.15, 0.2) is 65.7 Å². The smallest absolute Gasteiger partial charge is 0.258 e. The van der Waals surface area contributed by atoms with Crippen LogP contribution in [0.25, 0.3) is 10.9 Å². The lowest BCUT2D eigenvalue weighted by Crippen LogP contribution is -2.24. The minimum absolute atomic E-state index is 0.0139. The summed E-state index contributed by atoms with van der Waals surface area (Å²) in [5, 5.41) is 14.0. The van der Waals surface area contributed by atoms with Crippen molar-refractivity contribution in [3.05, 3.63) is 104 Å². The van der Waals surface area contributed by atoms with Crippen LogP contribution >= 0.6 is 11.6 Å².